The summed E-state index contributed by atoms with van der Waals surface area (Å²) in [6.45, 7) is 8.67. The summed E-state index contributed by atoms with van der Waals surface area (Å²) >= 11 is 4.81. The van der Waals surface area contributed by atoms with E-state index in [2.05, 4.69) is 46.4 Å². The van der Waals surface area contributed by atoms with Crippen LogP contribution in [-0.2, 0) is 30.9 Å². The molecule has 5 rings (SSSR count). The molecule has 2 heterocycles. The highest BCUT2D eigenvalue weighted by Gasteiger charge is 2.22. The van der Waals surface area contributed by atoms with Crippen LogP contribution in [0.4, 0.5) is 22.1 Å². The summed E-state index contributed by atoms with van der Waals surface area (Å²) < 4.78 is 16.9. The van der Waals surface area contributed by atoms with Crippen molar-refractivity contribution in [1.82, 2.24) is 14.8 Å². The summed E-state index contributed by atoms with van der Waals surface area (Å²) in [7, 11) is 2.87. The molecule has 3 N–H and O–H groups in total. The maximum Gasteiger partial charge on any atom is 0.324 e. The second-order valence-electron chi connectivity index (χ2n) is 12.6. The van der Waals surface area contributed by atoms with Crippen LogP contribution in [0.25, 0.3) is 16.5 Å². The van der Waals surface area contributed by atoms with Gasteiger partial charge in [-0.2, -0.15) is 5.10 Å². The van der Waals surface area contributed by atoms with E-state index >= 15 is 0 Å². The zero-order chi connectivity index (χ0) is 37.0. The fourth-order valence-electron chi connectivity index (χ4n) is 4.95. The maximum atomic E-state index is 13.3. The SMILES string of the molecule is COCC(=O)Cl.COCC(=O)Nc1cc(OCCc2ccc(NC(=O)Nc3cc(C(C)(C)C)nn3-c3ccc(C)cc3)c3ccccc23)ccn1. The molecule has 0 aliphatic rings. The summed E-state index contributed by atoms with van der Waals surface area (Å²) in [5, 5.41) is 15.0. The molecule has 0 fully saturated rings. The molecule has 268 valence electrons. The van der Waals surface area contributed by atoms with Gasteiger partial charge in [0, 0.05) is 49.8 Å². The Labute approximate surface area is 302 Å². The van der Waals surface area contributed by atoms with Crippen molar-refractivity contribution in [3.8, 4) is 11.4 Å². The number of pyridine rings is 1. The van der Waals surface area contributed by atoms with E-state index in [9.17, 15) is 14.4 Å². The lowest BCUT2D eigenvalue weighted by Gasteiger charge is -2.14. The fourth-order valence-corrected chi connectivity index (χ4v) is 5.06. The molecular weight excluding hydrogens is 672 g/mol. The van der Waals surface area contributed by atoms with Crippen molar-refractivity contribution in [3.63, 3.8) is 0 Å². The summed E-state index contributed by atoms with van der Waals surface area (Å²) in [6, 6.07) is 24.8. The number of methoxy groups -OCH3 is 2. The van der Waals surface area contributed by atoms with Crippen molar-refractivity contribution in [2.75, 3.05) is 50.0 Å². The van der Waals surface area contributed by atoms with E-state index in [0.717, 1.165) is 33.3 Å². The molecular formula is C38H43ClN6O6. The number of aryl methyl sites for hydroxylation is 1. The molecule has 0 bridgehead atoms. The smallest absolute Gasteiger partial charge is 0.324 e. The number of halogens is 1. The van der Waals surface area contributed by atoms with Crippen molar-refractivity contribution in [3.05, 3.63) is 102 Å². The van der Waals surface area contributed by atoms with Crippen molar-refractivity contribution in [1.29, 1.82) is 0 Å². The number of amides is 3. The highest BCUT2D eigenvalue weighted by molar-refractivity contribution is 6.63. The molecule has 3 aromatic carbocycles. The average molecular weight is 715 g/mol. The molecule has 3 amide bonds. The van der Waals surface area contributed by atoms with Gasteiger partial charge in [0.15, 0.2) is 0 Å². The van der Waals surface area contributed by atoms with Gasteiger partial charge in [0.2, 0.25) is 5.24 Å². The van der Waals surface area contributed by atoms with Crippen molar-refractivity contribution in [2.45, 2.75) is 39.5 Å². The number of hydrogen-bond donors (Lipinski definition) is 3. The number of ether oxygens (including phenoxy) is 3. The van der Waals surface area contributed by atoms with Crippen LogP contribution in [0.1, 0.15) is 37.6 Å². The number of nitrogens with one attached hydrogen (secondary N) is 3. The van der Waals surface area contributed by atoms with E-state index in [-0.39, 0.29) is 30.6 Å². The van der Waals surface area contributed by atoms with Crippen molar-refractivity contribution in [2.24, 2.45) is 0 Å². The largest absolute Gasteiger partial charge is 0.493 e. The fraction of sp³-hybridized carbons (Fsp3) is 0.289. The Morgan fingerprint density at radius 3 is 2.20 bits per heavy atom. The molecule has 0 aliphatic heterocycles. The maximum absolute atomic E-state index is 13.3. The molecule has 0 saturated heterocycles. The number of urea groups is 1. The van der Waals surface area contributed by atoms with Crippen LogP contribution in [0.5, 0.6) is 5.75 Å². The molecule has 2 aromatic heterocycles. The van der Waals surface area contributed by atoms with E-state index in [4.69, 9.17) is 26.2 Å². The van der Waals surface area contributed by atoms with Crippen LogP contribution in [0.15, 0.2) is 85.1 Å². The van der Waals surface area contributed by atoms with Crippen LogP contribution in [0, 0.1) is 6.92 Å². The highest BCUT2D eigenvalue weighted by Crippen LogP contribution is 2.29. The zero-order valence-corrected chi connectivity index (χ0v) is 30.3. The van der Waals surface area contributed by atoms with Crippen molar-refractivity contribution < 1.29 is 28.6 Å². The number of rotatable bonds is 12. The molecule has 0 spiro atoms. The first kappa shape index (κ1) is 38.5. The standard InChI is InChI=1S/C35H38N6O4.C3H5ClO2/c1-23-10-13-25(14-11-23)41-32(21-30(40-41)35(2,3)4)39-34(43)37-29-15-12-24(27-8-6-7-9-28(27)29)17-19-45-26-16-18-36-31(20-26)38-33(42)22-44-5;1-6-2-3(4)5/h6-16,18,20-21H,17,19,22H2,1-5H3,(H,36,38,42)(H2,37,39,43);2H2,1H3. The van der Waals surface area contributed by atoms with E-state index in [1.807, 2.05) is 73.7 Å². The lowest BCUT2D eigenvalue weighted by atomic mass is 9.92. The van der Waals surface area contributed by atoms with Gasteiger partial charge in [0.25, 0.3) is 5.91 Å². The summed E-state index contributed by atoms with van der Waals surface area (Å²) in [4.78, 5) is 39.0. The highest BCUT2D eigenvalue weighted by atomic mass is 35.5. The second-order valence-corrected chi connectivity index (χ2v) is 13.0. The molecule has 0 radical (unpaired) electrons. The van der Waals surface area contributed by atoms with Gasteiger partial charge in [-0.15, -0.1) is 0 Å². The van der Waals surface area contributed by atoms with Crippen LogP contribution >= 0.6 is 11.6 Å². The molecule has 0 atom stereocenters. The van der Waals surface area contributed by atoms with Crippen molar-refractivity contribution >= 4 is 56.9 Å². The quantitative estimate of drug-likeness (QED) is 0.114. The number of nitrogens with zero attached hydrogens (tertiary/aromatic N) is 3. The van der Waals surface area contributed by atoms with Gasteiger partial charge in [0.1, 0.15) is 30.6 Å². The van der Waals surface area contributed by atoms with Gasteiger partial charge in [-0.05, 0) is 53.7 Å². The lowest BCUT2D eigenvalue weighted by molar-refractivity contribution is -0.119. The molecule has 0 unspecified atom stereocenters. The first-order valence-electron chi connectivity index (χ1n) is 16.2. The van der Waals surface area contributed by atoms with Crippen LogP contribution in [-0.4, -0.2) is 66.0 Å². The third-order valence-corrected chi connectivity index (χ3v) is 7.54. The third kappa shape index (κ3) is 11.4. The van der Waals surface area contributed by atoms with Gasteiger partial charge in [0.05, 0.1) is 23.7 Å². The monoisotopic (exact) mass is 714 g/mol. The molecule has 0 saturated carbocycles. The number of benzene rings is 3. The number of carbonyl (C=O) groups is 3. The number of hydrogen-bond acceptors (Lipinski definition) is 8. The van der Waals surface area contributed by atoms with E-state index in [1.165, 1.54) is 14.2 Å². The topological polar surface area (TPSA) is 146 Å². The Morgan fingerprint density at radius 1 is 0.843 bits per heavy atom. The summed E-state index contributed by atoms with van der Waals surface area (Å²) in [6.07, 6.45) is 2.21. The zero-order valence-electron chi connectivity index (χ0n) is 29.6. The van der Waals surface area contributed by atoms with Crippen LogP contribution in [0.3, 0.4) is 0 Å². The van der Waals surface area contributed by atoms with Gasteiger partial charge >= 0.3 is 6.03 Å². The molecule has 13 heteroatoms. The normalized spacial score (nSPS) is 11.0. The summed E-state index contributed by atoms with van der Waals surface area (Å²) in [5.41, 5.74) is 4.45. The second kappa shape index (κ2) is 18.1. The first-order chi connectivity index (χ1) is 24.4. The van der Waals surface area contributed by atoms with Crippen LogP contribution in [0.2, 0.25) is 0 Å². The van der Waals surface area contributed by atoms with Crippen LogP contribution < -0.4 is 20.7 Å². The van der Waals surface area contributed by atoms with Gasteiger partial charge in [-0.25, -0.2) is 14.5 Å². The molecule has 5 aromatic rings. The summed E-state index contributed by atoms with van der Waals surface area (Å²) in [5.74, 6) is 1.28. The lowest BCUT2D eigenvalue weighted by Crippen LogP contribution is -2.21. The number of fused-ring (bicyclic) bond motifs is 1. The number of carbonyl (C=O) groups excluding carboxylic acids is 3. The molecule has 12 nitrogen and oxygen atoms in total. The number of anilines is 3. The predicted molar refractivity (Wildman–Crippen MR) is 200 cm³/mol. The minimum absolute atomic E-state index is 0.00154. The van der Waals surface area contributed by atoms with E-state index < -0.39 is 5.24 Å². The molecule has 0 aliphatic carbocycles. The van der Waals surface area contributed by atoms with E-state index in [0.29, 0.717) is 36.1 Å². The predicted octanol–water partition coefficient (Wildman–Crippen LogP) is 7.28. The molecule has 51 heavy (non-hydrogen) atoms. The van der Waals surface area contributed by atoms with Gasteiger partial charge < -0.3 is 24.8 Å². The van der Waals surface area contributed by atoms with E-state index in [1.54, 1.807) is 23.0 Å². The Morgan fingerprint density at radius 2 is 1.55 bits per heavy atom. The minimum Gasteiger partial charge on any atom is -0.493 e. The first-order valence-corrected chi connectivity index (χ1v) is 16.6. The Kier molecular flexibility index (Phi) is 13.7. The van der Waals surface area contributed by atoms with Gasteiger partial charge in [-0.1, -0.05) is 68.8 Å². The number of aromatic nitrogens is 3. The Bertz CT molecular complexity index is 1960. The van der Waals surface area contributed by atoms with Gasteiger partial charge in [-0.3, -0.25) is 14.9 Å². The minimum atomic E-state index is -0.461. The third-order valence-electron chi connectivity index (χ3n) is 7.43. The Balaban J connectivity index is 0.000000894. The average Bonchev–Trinajstić information content (AvgIpc) is 3.51. The Hall–Kier alpha value is -5.30.